The van der Waals surface area contributed by atoms with E-state index in [9.17, 15) is 13.2 Å². The van der Waals surface area contributed by atoms with Gasteiger partial charge in [-0.1, -0.05) is 0 Å². The van der Waals surface area contributed by atoms with Gasteiger partial charge in [-0.25, -0.2) is 0 Å². The van der Waals surface area contributed by atoms with Gasteiger partial charge in [-0.3, -0.25) is 0 Å². The number of hydrogen-bond donors (Lipinski definition) is 0. The molecule has 1 aliphatic heterocycles. The Morgan fingerprint density at radius 2 is 2.04 bits per heavy atom. The molecular formula is C15H17F3O4Sn. The molecule has 0 aromatic heterocycles. The van der Waals surface area contributed by atoms with Gasteiger partial charge in [-0.05, 0) is 0 Å². The summed E-state index contributed by atoms with van der Waals surface area (Å²) in [7, 11) is 0. The van der Waals surface area contributed by atoms with Gasteiger partial charge in [0.1, 0.15) is 0 Å². The van der Waals surface area contributed by atoms with Gasteiger partial charge in [0.05, 0.1) is 0 Å². The monoisotopic (exact) mass is 438 g/mol. The van der Waals surface area contributed by atoms with Crippen LogP contribution < -0.4 is 8.32 Å². The fourth-order valence-corrected chi connectivity index (χ4v) is 5.81. The first-order valence-electron chi connectivity index (χ1n) is 7.46. The fourth-order valence-electron chi connectivity index (χ4n) is 2.21. The first kappa shape index (κ1) is 17.3. The van der Waals surface area contributed by atoms with Crippen LogP contribution in [0, 0.1) is 0 Å². The van der Waals surface area contributed by atoms with Gasteiger partial charge in [0.15, 0.2) is 0 Å². The number of halogens is 3. The van der Waals surface area contributed by atoms with Crippen LogP contribution in [0.1, 0.15) is 18.4 Å². The maximum absolute atomic E-state index is 12.4. The summed E-state index contributed by atoms with van der Waals surface area (Å²) in [5.74, 6) is -0.198. The van der Waals surface area contributed by atoms with E-state index in [1.807, 2.05) is 0 Å². The summed E-state index contributed by atoms with van der Waals surface area (Å²) in [4.78, 5) is 0. The molecule has 1 aromatic rings. The van der Waals surface area contributed by atoms with E-state index >= 15 is 0 Å². The Kier molecular flexibility index (Phi) is 5.71. The minimum atomic E-state index is -4.68. The van der Waals surface area contributed by atoms with E-state index < -0.39 is 27.5 Å². The zero-order chi connectivity index (χ0) is 16.3. The first-order chi connectivity index (χ1) is 11.0. The van der Waals surface area contributed by atoms with E-state index in [0.29, 0.717) is 26.4 Å². The molecule has 8 heteroatoms. The number of ether oxygens (including phenoxy) is 4. The van der Waals surface area contributed by atoms with Gasteiger partial charge in [0.25, 0.3) is 0 Å². The van der Waals surface area contributed by atoms with Crippen molar-refractivity contribution in [3.63, 3.8) is 0 Å². The van der Waals surface area contributed by atoms with Crippen molar-refractivity contribution in [2.45, 2.75) is 36.0 Å². The maximum atomic E-state index is 12.4. The van der Waals surface area contributed by atoms with Crippen molar-refractivity contribution < 1.29 is 32.1 Å². The van der Waals surface area contributed by atoms with Gasteiger partial charge in [0.2, 0.25) is 0 Å². The van der Waals surface area contributed by atoms with E-state index in [0.717, 1.165) is 22.0 Å². The average Bonchev–Trinajstić information content (AvgIpc) is 3.31. The van der Waals surface area contributed by atoms with Crippen molar-refractivity contribution in [3.05, 3.63) is 23.8 Å². The fraction of sp³-hybridized carbons (Fsp3) is 0.600. The van der Waals surface area contributed by atoms with Crippen molar-refractivity contribution in [2.24, 2.45) is 0 Å². The molecule has 0 bridgehead atoms. The van der Waals surface area contributed by atoms with Crippen LogP contribution >= 0.6 is 0 Å². The molecule has 0 spiro atoms. The molecule has 0 amide bonds. The number of rotatable bonds is 6. The molecule has 1 heterocycles. The van der Waals surface area contributed by atoms with Crippen molar-refractivity contribution >= 4 is 24.7 Å². The van der Waals surface area contributed by atoms with Crippen LogP contribution in [0.3, 0.4) is 0 Å². The SMILES string of the molecule is FC(F)(F)Oc1cc[c]([Sn][CH]2COCCO2)c(COC2CC2)c1. The third-order valence-electron chi connectivity index (χ3n) is 3.44. The second-order valence-electron chi connectivity index (χ2n) is 5.46. The summed E-state index contributed by atoms with van der Waals surface area (Å²) < 4.78 is 59.1. The molecule has 1 saturated carbocycles. The van der Waals surface area contributed by atoms with Crippen LogP contribution in [-0.2, 0) is 20.8 Å². The predicted molar refractivity (Wildman–Crippen MR) is 76.9 cm³/mol. The van der Waals surface area contributed by atoms with Crippen molar-refractivity contribution in [1.29, 1.82) is 0 Å². The van der Waals surface area contributed by atoms with Crippen LogP contribution in [0.4, 0.5) is 13.2 Å². The second kappa shape index (κ2) is 7.58. The summed E-state index contributed by atoms with van der Waals surface area (Å²) in [6.07, 6.45) is -2.40. The van der Waals surface area contributed by atoms with E-state index in [-0.39, 0.29) is 16.0 Å². The number of alkyl halides is 3. The Morgan fingerprint density at radius 3 is 2.70 bits per heavy atom. The average molecular weight is 437 g/mol. The standard InChI is InChI=1S/C11H10F3O2.C4H7O2.Sn/c12-11(13,14)16-10-3-1-2-8(6-10)7-15-9-4-5-9;1-2-6-4-3-5-1;/h1,3,6,9H,4-5,7H2;1H,2-4H2;. The van der Waals surface area contributed by atoms with Crippen molar-refractivity contribution in [1.82, 2.24) is 0 Å². The Bertz CT molecular complexity index is 528. The topological polar surface area (TPSA) is 36.9 Å². The quantitative estimate of drug-likeness (QED) is 0.639. The molecular weight excluding hydrogens is 420 g/mol. The Hall–Kier alpha value is -0.511. The molecule has 2 fully saturated rings. The molecule has 126 valence electrons. The third kappa shape index (κ3) is 5.81. The normalized spacial score (nSPS) is 22.1. The van der Waals surface area contributed by atoms with Gasteiger partial charge in [-0.15, -0.1) is 0 Å². The van der Waals surface area contributed by atoms with Gasteiger partial charge < -0.3 is 0 Å². The number of hydrogen-bond acceptors (Lipinski definition) is 4. The van der Waals surface area contributed by atoms with E-state index in [2.05, 4.69) is 4.74 Å². The van der Waals surface area contributed by atoms with Crippen LogP contribution in [0.5, 0.6) is 5.75 Å². The van der Waals surface area contributed by atoms with Crippen LogP contribution in [0.25, 0.3) is 0 Å². The van der Waals surface area contributed by atoms with Crippen molar-refractivity contribution in [2.75, 3.05) is 19.8 Å². The first-order valence-corrected chi connectivity index (χ1v) is 10.5. The zero-order valence-electron chi connectivity index (χ0n) is 12.4. The molecule has 1 aromatic carbocycles. The molecule has 4 nitrogen and oxygen atoms in total. The molecule has 3 rings (SSSR count). The summed E-state index contributed by atoms with van der Waals surface area (Å²) in [5, 5.41) is 0. The van der Waals surface area contributed by atoms with Crippen LogP contribution in [0.15, 0.2) is 18.2 Å². The summed E-state index contributed by atoms with van der Waals surface area (Å²) in [6, 6.07) is 4.53. The summed E-state index contributed by atoms with van der Waals surface area (Å²) >= 11 is -1.15. The zero-order valence-corrected chi connectivity index (χ0v) is 15.3. The van der Waals surface area contributed by atoms with Gasteiger partial charge >= 0.3 is 142 Å². The molecule has 23 heavy (non-hydrogen) atoms. The molecule has 2 aliphatic rings. The molecule has 1 aliphatic carbocycles. The van der Waals surface area contributed by atoms with E-state index in [1.165, 1.54) is 12.1 Å². The van der Waals surface area contributed by atoms with Gasteiger partial charge in [0, 0.05) is 0 Å². The van der Waals surface area contributed by atoms with Gasteiger partial charge in [-0.2, -0.15) is 0 Å². The Balaban J connectivity index is 1.72. The van der Waals surface area contributed by atoms with Crippen LogP contribution in [0.2, 0.25) is 0 Å². The number of benzene rings is 1. The Morgan fingerprint density at radius 1 is 1.22 bits per heavy atom. The molecule has 0 N–H and O–H groups in total. The second-order valence-corrected chi connectivity index (χ2v) is 9.66. The van der Waals surface area contributed by atoms with Crippen molar-refractivity contribution in [3.8, 4) is 5.75 Å². The van der Waals surface area contributed by atoms with E-state index in [4.69, 9.17) is 14.2 Å². The van der Waals surface area contributed by atoms with E-state index in [1.54, 1.807) is 6.07 Å². The molecule has 1 atom stereocenters. The minimum absolute atomic E-state index is 0.0846. The molecule has 1 saturated heterocycles. The summed E-state index contributed by atoms with van der Waals surface area (Å²) in [5.41, 5.74) is 0.777. The molecule has 2 radical (unpaired) electrons. The summed E-state index contributed by atoms with van der Waals surface area (Å²) in [6.45, 7) is 2.07. The Labute approximate surface area is 142 Å². The third-order valence-corrected chi connectivity index (χ3v) is 7.59. The molecule has 1 unspecified atom stereocenters. The predicted octanol–water partition coefficient (Wildman–Crippen LogP) is 1.97. The van der Waals surface area contributed by atoms with Crippen LogP contribution in [-0.4, -0.2) is 57.5 Å².